The Kier molecular flexibility index (Phi) is 6.09. The van der Waals surface area contributed by atoms with E-state index in [2.05, 4.69) is 12.2 Å². The van der Waals surface area contributed by atoms with Gasteiger partial charge in [0.1, 0.15) is 5.60 Å². The van der Waals surface area contributed by atoms with Gasteiger partial charge in [-0.1, -0.05) is 0 Å². The van der Waals surface area contributed by atoms with E-state index >= 15 is 0 Å². The van der Waals surface area contributed by atoms with Crippen molar-refractivity contribution in [1.29, 1.82) is 0 Å². The van der Waals surface area contributed by atoms with Crippen molar-refractivity contribution in [2.45, 2.75) is 83.6 Å². The molecule has 2 saturated heterocycles. The second-order valence-electron chi connectivity index (χ2n) is 7.62. The molecule has 1 N–H and O–H groups in total. The smallest absolute Gasteiger partial charge is 0.410 e. The lowest BCUT2D eigenvalue weighted by Crippen LogP contribution is -2.43. The van der Waals surface area contributed by atoms with Gasteiger partial charge in [0.25, 0.3) is 0 Å². The second-order valence-corrected chi connectivity index (χ2v) is 7.62. The Morgan fingerprint density at radius 1 is 1.36 bits per heavy atom. The van der Waals surface area contributed by atoms with E-state index in [1.165, 1.54) is 0 Å². The van der Waals surface area contributed by atoms with Crippen molar-refractivity contribution in [3.8, 4) is 0 Å². The molecular formula is C17H32N2O3. The molecule has 0 saturated carbocycles. The van der Waals surface area contributed by atoms with E-state index in [1.54, 1.807) is 0 Å². The zero-order valence-corrected chi connectivity index (χ0v) is 14.6. The number of likely N-dealkylation sites (tertiary alicyclic amines) is 1. The predicted molar refractivity (Wildman–Crippen MR) is 87.0 cm³/mol. The van der Waals surface area contributed by atoms with Gasteiger partial charge < -0.3 is 19.7 Å². The van der Waals surface area contributed by atoms with Crippen molar-refractivity contribution in [2.24, 2.45) is 0 Å². The molecule has 22 heavy (non-hydrogen) atoms. The van der Waals surface area contributed by atoms with Crippen LogP contribution in [0.25, 0.3) is 0 Å². The lowest BCUT2D eigenvalue weighted by molar-refractivity contribution is 0.0125. The van der Waals surface area contributed by atoms with Crippen LogP contribution in [0.2, 0.25) is 0 Å². The summed E-state index contributed by atoms with van der Waals surface area (Å²) < 4.78 is 11.1. The quantitative estimate of drug-likeness (QED) is 0.867. The maximum absolute atomic E-state index is 12.2. The first-order valence-electron chi connectivity index (χ1n) is 8.70. The topological polar surface area (TPSA) is 50.8 Å². The third-order valence-electron chi connectivity index (χ3n) is 4.40. The molecule has 2 heterocycles. The first-order valence-corrected chi connectivity index (χ1v) is 8.70. The molecule has 1 amide bonds. The summed E-state index contributed by atoms with van der Waals surface area (Å²) >= 11 is 0. The fraction of sp³-hybridized carbons (Fsp3) is 0.941. The van der Waals surface area contributed by atoms with Crippen molar-refractivity contribution >= 4 is 6.09 Å². The van der Waals surface area contributed by atoms with Crippen molar-refractivity contribution in [3.05, 3.63) is 0 Å². The van der Waals surface area contributed by atoms with E-state index in [0.717, 1.165) is 51.8 Å². The molecule has 2 fully saturated rings. The minimum Gasteiger partial charge on any atom is -0.444 e. The number of carbonyl (C=O) groups excluding carboxylic acids is 1. The average molecular weight is 312 g/mol. The van der Waals surface area contributed by atoms with Gasteiger partial charge in [-0.05, 0) is 66.3 Å². The highest BCUT2D eigenvalue weighted by Crippen LogP contribution is 2.23. The fourth-order valence-corrected chi connectivity index (χ4v) is 3.33. The van der Waals surface area contributed by atoms with Gasteiger partial charge in [-0.2, -0.15) is 0 Å². The first-order chi connectivity index (χ1) is 10.3. The SMILES string of the molecule is CC1CC(NCCC2CCCN2C(=O)OC(C)(C)C)CCO1. The number of nitrogens with one attached hydrogen (secondary N) is 1. The largest absolute Gasteiger partial charge is 0.444 e. The molecule has 0 aromatic carbocycles. The summed E-state index contributed by atoms with van der Waals surface area (Å²) in [4.78, 5) is 14.2. The molecule has 0 aromatic heterocycles. The Morgan fingerprint density at radius 2 is 2.14 bits per heavy atom. The van der Waals surface area contributed by atoms with Gasteiger partial charge in [-0.25, -0.2) is 4.79 Å². The summed E-state index contributed by atoms with van der Waals surface area (Å²) in [7, 11) is 0. The van der Waals surface area contributed by atoms with E-state index in [0.29, 0.717) is 18.2 Å². The number of nitrogens with zero attached hydrogens (tertiary/aromatic N) is 1. The summed E-state index contributed by atoms with van der Waals surface area (Å²) in [5, 5.41) is 3.63. The minimum atomic E-state index is -0.416. The zero-order valence-electron chi connectivity index (χ0n) is 14.6. The minimum absolute atomic E-state index is 0.158. The molecule has 128 valence electrons. The number of hydrogen-bond acceptors (Lipinski definition) is 4. The van der Waals surface area contributed by atoms with Gasteiger partial charge >= 0.3 is 6.09 Å². The van der Waals surface area contributed by atoms with Crippen LogP contribution >= 0.6 is 0 Å². The number of hydrogen-bond donors (Lipinski definition) is 1. The summed E-state index contributed by atoms with van der Waals surface area (Å²) in [6.45, 7) is 10.5. The first kappa shape index (κ1) is 17.5. The van der Waals surface area contributed by atoms with Gasteiger partial charge in [0, 0.05) is 25.2 Å². The molecule has 5 heteroatoms. The molecule has 0 spiro atoms. The van der Waals surface area contributed by atoms with E-state index in [4.69, 9.17) is 9.47 Å². The van der Waals surface area contributed by atoms with Crippen molar-refractivity contribution < 1.29 is 14.3 Å². The van der Waals surface area contributed by atoms with Gasteiger partial charge in [-0.15, -0.1) is 0 Å². The van der Waals surface area contributed by atoms with Crippen LogP contribution in [0.15, 0.2) is 0 Å². The number of carbonyl (C=O) groups is 1. The number of amides is 1. The molecule has 2 aliphatic rings. The van der Waals surface area contributed by atoms with E-state index in [-0.39, 0.29) is 6.09 Å². The van der Waals surface area contributed by atoms with Gasteiger partial charge in [0.2, 0.25) is 0 Å². The summed E-state index contributed by atoms with van der Waals surface area (Å²) in [5.74, 6) is 0. The molecule has 2 aliphatic heterocycles. The maximum atomic E-state index is 12.2. The van der Waals surface area contributed by atoms with Crippen LogP contribution < -0.4 is 5.32 Å². The molecule has 0 bridgehead atoms. The van der Waals surface area contributed by atoms with Crippen molar-refractivity contribution in [2.75, 3.05) is 19.7 Å². The summed E-state index contributed by atoms with van der Waals surface area (Å²) in [6.07, 6.45) is 5.55. The van der Waals surface area contributed by atoms with Crippen molar-refractivity contribution in [1.82, 2.24) is 10.2 Å². The Hall–Kier alpha value is -0.810. The highest BCUT2D eigenvalue weighted by molar-refractivity contribution is 5.68. The Morgan fingerprint density at radius 3 is 2.82 bits per heavy atom. The van der Waals surface area contributed by atoms with Crippen LogP contribution in [-0.4, -0.2) is 54.5 Å². The van der Waals surface area contributed by atoms with E-state index < -0.39 is 5.60 Å². The van der Waals surface area contributed by atoms with E-state index in [1.807, 2.05) is 25.7 Å². The molecule has 2 rings (SSSR count). The lowest BCUT2D eigenvalue weighted by Gasteiger charge is -2.30. The maximum Gasteiger partial charge on any atom is 0.410 e. The van der Waals surface area contributed by atoms with Crippen LogP contribution in [-0.2, 0) is 9.47 Å². The molecule has 3 unspecified atom stereocenters. The molecule has 0 aromatic rings. The number of rotatable bonds is 4. The van der Waals surface area contributed by atoms with Crippen molar-refractivity contribution in [3.63, 3.8) is 0 Å². The molecular weight excluding hydrogens is 280 g/mol. The second kappa shape index (κ2) is 7.64. The van der Waals surface area contributed by atoms with Gasteiger partial charge in [0.05, 0.1) is 6.10 Å². The van der Waals surface area contributed by atoms with Gasteiger partial charge in [-0.3, -0.25) is 0 Å². The van der Waals surface area contributed by atoms with Crippen LogP contribution in [0, 0.1) is 0 Å². The third kappa shape index (κ3) is 5.43. The van der Waals surface area contributed by atoms with E-state index in [9.17, 15) is 4.79 Å². The molecule has 5 nitrogen and oxygen atoms in total. The summed E-state index contributed by atoms with van der Waals surface area (Å²) in [6, 6.07) is 0.875. The highest BCUT2D eigenvalue weighted by atomic mass is 16.6. The Balaban J connectivity index is 1.73. The fourth-order valence-electron chi connectivity index (χ4n) is 3.33. The normalized spacial score (nSPS) is 29.6. The highest BCUT2D eigenvalue weighted by Gasteiger charge is 2.32. The average Bonchev–Trinajstić information content (AvgIpc) is 2.85. The van der Waals surface area contributed by atoms with Crippen LogP contribution in [0.1, 0.15) is 59.8 Å². The standard InChI is InChI=1S/C17H32N2O3/c1-13-12-14(8-11-21-13)18-9-7-15-6-5-10-19(15)16(20)22-17(2,3)4/h13-15,18H,5-12H2,1-4H3. The summed E-state index contributed by atoms with van der Waals surface area (Å²) in [5.41, 5.74) is -0.416. The molecule has 0 radical (unpaired) electrons. The van der Waals surface area contributed by atoms with Crippen LogP contribution in [0.5, 0.6) is 0 Å². The Labute approximate surface area is 134 Å². The third-order valence-corrected chi connectivity index (χ3v) is 4.40. The monoisotopic (exact) mass is 312 g/mol. The lowest BCUT2D eigenvalue weighted by atomic mass is 10.0. The van der Waals surface area contributed by atoms with Crippen LogP contribution in [0.3, 0.4) is 0 Å². The number of ether oxygens (including phenoxy) is 2. The molecule has 0 aliphatic carbocycles. The molecule has 3 atom stereocenters. The van der Waals surface area contributed by atoms with Crippen LogP contribution in [0.4, 0.5) is 4.79 Å². The van der Waals surface area contributed by atoms with Gasteiger partial charge in [0.15, 0.2) is 0 Å². The predicted octanol–water partition coefficient (Wildman–Crippen LogP) is 2.93. The zero-order chi connectivity index (χ0) is 16.2. The Bertz CT molecular complexity index is 367.